The van der Waals surface area contributed by atoms with Crippen molar-refractivity contribution >= 4 is 5.84 Å². The number of rotatable bonds is 6. The number of benzene rings is 1. The van der Waals surface area contributed by atoms with Crippen LogP contribution in [0.15, 0.2) is 48.1 Å². The molecule has 0 aliphatic rings. The lowest BCUT2D eigenvalue weighted by Gasteiger charge is -2.07. The summed E-state index contributed by atoms with van der Waals surface area (Å²) < 4.78 is 7.60. The van der Waals surface area contributed by atoms with Crippen molar-refractivity contribution in [1.29, 1.82) is 0 Å². The maximum Gasteiger partial charge on any atom is 0.170 e. The van der Waals surface area contributed by atoms with Crippen molar-refractivity contribution in [1.82, 2.24) is 9.55 Å². The Morgan fingerprint density at radius 2 is 2.16 bits per heavy atom. The molecule has 1 aromatic carbocycles. The van der Waals surface area contributed by atoms with E-state index < -0.39 is 0 Å². The quantitative estimate of drug-likeness (QED) is 0.270. The molecule has 0 fully saturated rings. The molecular weight excluding hydrogens is 244 g/mol. The lowest BCUT2D eigenvalue weighted by Crippen LogP contribution is -2.12. The zero-order valence-corrected chi connectivity index (χ0v) is 10.4. The van der Waals surface area contributed by atoms with Crippen LogP contribution in [0.4, 0.5) is 0 Å². The van der Waals surface area contributed by atoms with E-state index in [1.165, 1.54) is 0 Å². The van der Waals surface area contributed by atoms with Gasteiger partial charge >= 0.3 is 0 Å². The van der Waals surface area contributed by atoms with Crippen LogP contribution in [0.5, 0.6) is 5.75 Å². The molecule has 3 N–H and O–H groups in total. The molecule has 2 rings (SSSR count). The van der Waals surface area contributed by atoms with E-state index in [0.29, 0.717) is 12.2 Å². The van der Waals surface area contributed by atoms with Gasteiger partial charge in [0.2, 0.25) is 0 Å². The van der Waals surface area contributed by atoms with Crippen LogP contribution in [-0.4, -0.2) is 27.2 Å². The molecule has 19 heavy (non-hydrogen) atoms. The second-order valence-corrected chi connectivity index (χ2v) is 4.01. The summed E-state index contributed by atoms with van der Waals surface area (Å²) in [5, 5.41) is 11.5. The molecule has 0 saturated carbocycles. The maximum absolute atomic E-state index is 8.55. The Hall–Kier alpha value is -2.50. The second kappa shape index (κ2) is 6.44. The predicted molar refractivity (Wildman–Crippen MR) is 71.3 cm³/mol. The van der Waals surface area contributed by atoms with E-state index in [4.69, 9.17) is 15.7 Å². The van der Waals surface area contributed by atoms with Gasteiger partial charge in [-0.2, -0.15) is 0 Å². The third-order valence-corrected chi connectivity index (χ3v) is 2.65. The second-order valence-electron chi connectivity index (χ2n) is 4.01. The van der Waals surface area contributed by atoms with Crippen molar-refractivity contribution in [3.63, 3.8) is 0 Å². The van der Waals surface area contributed by atoms with Gasteiger partial charge < -0.3 is 20.2 Å². The summed E-state index contributed by atoms with van der Waals surface area (Å²) in [5.74, 6) is 0.853. The molecule has 0 amide bonds. The topological polar surface area (TPSA) is 85.7 Å². The number of hydrogen-bond donors (Lipinski definition) is 2. The van der Waals surface area contributed by atoms with Gasteiger partial charge in [0.25, 0.3) is 0 Å². The fourth-order valence-electron chi connectivity index (χ4n) is 1.64. The van der Waals surface area contributed by atoms with E-state index in [0.717, 1.165) is 18.7 Å². The molecule has 0 bridgehead atoms. The Morgan fingerprint density at radius 1 is 1.37 bits per heavy atom. The molecule has 0 spiro atoms. The van der Waals surface area contributed by atoms with E-state index >= 15 is 0 Å². The van der Waals surface area contributed by atoms with Crippen LogP contribution in [0.3, 0.4) is 0 Å². The van der Waals surface area contributed by atoms with E-state index in [1.807, 2.05) is 10.8 Å². The largest absolute Gasteiger partial charge is 0.494 e. The number of ether oxygens (including phenoxy) is 1. The highest BCUT2D eigenvalue weighted by molar-refractivity contribution is 5.97. The van der Waals surface area contributed by atoms with Gasteiger partial charge in [0.05, 0.1) is 12.9 Å². The van der Waals surface area contributed by atoms with Gasteiger partial charge in [-0.25, -0.2) is 4.98 Å². The monoisotopic (exact) mass is 260 g/mol. The summed E-state index contributed by atoms with van der Waals surface area (Å²) in [4.78, 5) is 3.97. The summed E-state index contributed by atoms with van der Waals surface area (Å²) in [5.41, 5.74) is 6.13. The van der Waals surface area contributed by atoms with Gasteiger partial charge in [-0.05, 0) is 30.7 Å². The Morgan fingerprint density at radius 3 is 2.79 bits per heavy atom. The van der Waals surface area contributed by atoms with Crippen molar-refractivity contribution in [2.75, 3.05) is 6.61 Å². The van der Waals surface area contributed by atoms with Crippen LogP contribution in [-0.2, 0) is 6.54 Å². The van der Waals surface area contributed by atoms with Crippen molar-refractivity contribution in [2.45, 2.75) is 13.0 Å². The minimum absolute atomic E-state index is 0.0895. The fourth-order valence-corrected chi connectivity index (χ4v) is 1.64. The van der Waals surface area contributed by atoms with Gasteiger partial charge in [0.15, 0.2) is 5.84 Å². The van der Waals surface area contributed by atoms with Crippen LogP contribution in [0.25, 0.3) is 0 Å². The van der Waals surface area contributed by atoms with Gasteiger partial charge in [0.1, 0.15) is 5.75 Å². The number of oxime groups is 1. The highest BCUT2D eigenvalue weighted by atomic mass is 16.5. The number of nitrogens with two attached hydrogens (primary N) is 1. The maximum atomic E-state index is 8.55. The van der Waals surface area contributed by atoms with E-state index in [-0.39, 0.29) is 5.84 Å². The molecule has 0 saturated heterocycles. The van der Waals surface area contributed by atoms with E-state index in [1.54, 1.807) is 36.8 Å². The number of amidine groups is 1. The molecule has 0 radical (unpaired) electrons. The van der Waals surface area contributed by atoms with Gasteiger partial charge in [-0.3, -0.25) is 0 Å². The lowest BCUT2D eigenvalue weighted by atomic mass is 10.2. The Bertz CT molecular complexity index is 520. The molecule has 6 nitrogen and oxygen atoms in total. The summed E-state index contributed by atoms with van der Waals surface area (Å²) in [6.07, 6.45) is 6.36. The van der Waals surface area contributed by atoms with Crippen LogP contribution in [0.1, 0.15) is 12.0 Å². The zero-order chi connectivity index (χ0) is 13.5. The number of aryl methyl sites for hydroxylation is 1. The molecule has 0 atom stereocenters. The minimum Gasteiger partial charge on any atom is -0.494 e. The summed E-state index contributed by atoms with van der Waals surface area (Å²) in [6.45, 7) is 1.50. The number of imidazole rings is 1. The van der Waals surface area contributed by atoms with Gasteiger partial charge in [-0.15, -0.1) is 0 Å². The SMILES string of the molecule is NC(=NO)c1ccc(OCCCn2ccnc2)cc1. The zero-order valence-electron chi connectivity index (χ0n) is 10.4. The van der Waals surface area contributed by atoms with Crippen LogP contribution in [0.2, 0.25) is 0 Å². The Balaban J connectivity index is 1.77. The van der Waals surface area contributed by atoms with Crippen LogP contribution < -0.4 is 10.5 Å². The van der Waals surface area contributed by atoms with E-state index in [2.05, 4.69) is 10.1 Å². The number of aromatic nitrogens is 2. The van der Waals surface area contributed by atoms with Crippen molar-refractivity contribution in [3.05, 3.63) is 48.5 Å². The molecule has 1 heterocycles. The Kier molecular flexibility index (Phi) is 4.39. The molecule has 6 heteroatoms. The molecule has 0 aliphatic heterocycles. The Labute approximate surface area is 111 Å². The van der Waals surface area contributed by atoms with Crippen molar-refractivity contribution in [2.24, 2.45) is 10.9 Å². The number of hydrogen-bond acceptors (Lipinski definition) is 4. The third kappa shape index (κ3) is 3.74. The average Bonchev–Trinajstić information content (AvgIpc) is 2.96. The average molecular weight is 260 g/mol. The first kappa shape index (κ1) is 12.9. The van der Waals surface area contributed by atoms with Gasteiger partial charge in [-0.1, -0.05) is 5.16 Å². The summed E-state index contributed by atoms with van der Waals surface area (Å²) in [6, 6.07) is 7.09. The highest BCUT2D eigenvalue weighted by Gasteiger charge is 1.99. The first-order valence-electron chi connectivity index (χ1n) is 5.96. The molecule has 100 valence electrons. The fraction of sp³-hybridized carbons (Fsp3) is 0.231. The lowest BCUT2D eigenvalue weighted by molar-refractivity contribution is 0.301. The standard InChI is InChI=1S/C13H16N4O2/c14-13(16-18)11-2-4-12(5-3-11)19-9-1-7-17-8-6-15-10-17/h2-6,8,10,18H,1,7,9H2,(H2,14,16). The molecule has 1 aromatic heterocycles. The normalized spacial score (nSPS) is 11.5. The summed E-state index contributed by atoms with van der Waals surface area (Å²) in [7, 11) is 0. The first-order chi connectivity index (χ1) is 9.29. The predicted octanol–water partition coefficient (Wildman–Crippen LogP) is 1.45. The highest BCUT2D eigenvalue weighted by Crippen LogP contribution is 2.12. The smallest absolute Gasteiger partial charge is 0.170 e. The van der Waals surface area contributed by atoms with Crippen molar-refractivity contribution in [3.8, 4) is 5.75 Å². The summed E-state index contributed by atoms with van der Waals surface area (Å²) >= 11 is 0. The van der Waals surface area contributed by atoms with Crippen LogP contribution >= 0.6 is 0 Å². The molecule has 0 aliphatic carbocycles. The third-order valence-electron chi connectivity index (χ3n) is 2.65. The van der Waals surface area contributed by atoms with Crippen LogP contribution in [0, 0.1) is 0 Å². The molecule has 2 aromatic rings. The van der Waals surface area contributed by atoms with E-state index in [9.17, 15) is 0 Å². The minimum atomic E-state index is 0.0895. The van der Waals surface area contributed by atoms with Gasteiger partial charge in [0, 0.05) is 24.5 Å². The first-order valence-corrected chi connectivity index (χ1v) is 5.96. The number of nitrogens with zero attached hydrogens (tertiary/aromatic N) is 3. The molecule has 0 unspecified atom stereocenters. The molecular formula is C13H16N4O2. The van der Waals surface area contributed by atoms with Crippen molar-refractivity contribution < 1.29 is 9.94 Å².